The summed E-state index contributed by atoms with van der Waals surface area (Å²) < 4.78 is 19.0. The number of halogens is 1. The van der Waals surface area contributed by atoms with Gasteiger partial charge in [-0.1, -0.05) is 18.2 Å². The summed E-state index contributed by atoms with van der Waals surface area (Å²) in [6, 6.07) is 5.93. The highest BCUT2D eigenvalue weighted by Crippen LogP contribution is 2.17. The van der Waals surface area contributed by atoms with Gasteiger partial charge >= 0.3 is 0 Å². The number of ether oxygens (including phenoxy) is 1. The van der Waals surface area contributed by atoms with Crippen LogP contribution in [0.15, 0.2) is 24.3 Å². The molecule has 1 aromatic rings. The zero-order valence-corrected chi connectivity index (χ0v) is 14.8. The molecule has 0 saturated carbocycles. The molecule has 2 amide bonds. The van der Waals surface area contributed by atoms with Crippen molar-refractivity contribution in [3.8, 4) is 0 Å². The molecule has 1 atom stereocenters. The summed E-state index contributed by atoms with van der Waals surface area (Å²) in [5.74, 6) is -0.576. The van der Waals surface area contributed by atoms with E-state index in [1.54, 1.807) is 30.2 Å². The molecule has 1 aliphatic rings. The predicted octanol–water partition coefficient (Wildman–Crippen LogP) is 1.01. The van der Waals surface area contributed by atoms with E-state index in [9.17, 15) is 14.0 Å². The summed E-state index contributed by atoms with van der Waals surface area (Å²) in [5.41, 5.74) is 0.529. The van der Waals surface area contributed by atoms with Crippen molar-refractivity contribution in [3.63, 3.8) is 0 Å². The van der Waals surface area contributed by atoms with Gasteiger partial charge in [-0.2, -0.15) is 0 Å². The van der Waals surface area contributed by atoms with Crippen molar-refractivity contribution in [2.24, 2.45) is 0 Å². The van der Waals surface area contributed by atoms with E-state index in [1.807, 2.05) is 11.8 Å². The Morgan fingerprint density at radius 1 is 1.44 bits per heavy atom. The van der Waals surface area contributed by atoms with E-state index < -0.39 is 6.04 Å². The maximum atomic E-state index is 13.9. The van der Waals surface area contributed by atoms with Crippen LogP contribution in [0.3, 0.4) is 0 Å². The van der Waals surface area contributed by atoms with E-state index in [1.165, 1.54) is 6.07 Å². The zero-order chi connectivity index (χ0) is 18.2. The first kappa shape index (κ1) is 19.3. The van der Waals surface area contributed by atoms with Gasteiger partial charge < -0.3 is 15.0 Å². The molecule has 0 spiro atoms. The minimum Gasteiger partial charge on any atom is -0.383 e. The minimum atomic E-state index is -0.586. The zero-order valence-electron chi connectivity index (χ0n) is 14.8. The second kappa shape index (κ2) is 9.48. The first-order chi connectivity index (χ1) is 12.1. The fourth-order valence-electron chi connectivity index (χ4n) is 2.97. The Hall–Kier alpha value is -1.99. The first-order valence-electron chi connectivity index (χ1n) is 8.58. The van der Waals surface area contributed by atoms with Crippen molar-refractivity contribution in [2.45, 2.75) is 25.9 Å². The fourth-order valence-corrected chi connectivity index (χ4v) is 2.97. The van der Waals surface area contributed by atoms with Gasteiger partial charge in [-0.05, 0) is 13.0 Å². The third kappa shape index (κ3) is 5.24. The molecule has 1 heterocycles. The van der Waals surface area contributed by atoms with Gasteiger partial charge in [0, 0.05) is 45.4 Å². The molecule has 1 aliphatic heterocycles. The van der Waals surface area contributed by atoms with Crippen LogP contribution in [0.1, 0.15) is 18.9 Å². The maximum Gasteiger partial charge on any atom is 0.237 e. The number of piperazine rings is 1. The predicted molar refractivity (Wildman–Crippen MR) is 92.4 cm³/mol. The Bertz CT molecular complexity index is 597. The maximum absolute atomic E-state index is 13.9. The Balaban J connectivity index is 2.07. The highest BCUT2D eigenvalue weighted by Gasteiger charge is 2.33. The monoisotopic (exact) mass is 351 g/mol. The number of methoxy groups -OCH3 is 1. The number of carbonyl (C=O) groups is 2. The van der Waals surface area contributed by atoms with Gasteiger partial charge in [0.25, 0.3) is 0 Å². The second-order valence-electron chi connectivity index (χ2n) is 6.04. The molecule has 0 aliphatic carbocycles. The van der Waals surface area contributed by atoms with Gasteiger partial charge in [-0.3, -0.25) is 14.5 Å². The van der Waals surface area contributed by atoms with E-state index in [0.29, 0.717) is 44.9 Å². The quantitative estimate of drug-likeness (QED) is 0.759. The first-order valence-corrected chi connectivity index (χ1v) is 8.58. The smallest absolute Gasteiger partial charge is 0.237 e. The summed E-state index contributed by atoms with van der Waals surface area (Å²) in [6.45, 7) is 4.79. The number of nitrogens with zero attached hydrogens (tertiary/aromatic N) is 2. The number of amides is 2. The van der Waals surface area contributed by atoms with Crippen molar-refractivity contribution in [2.75, 3.05) is 39.9 Å². The summed E-state index contributed by atoms with van der Waals surface area (Å²) >= 11 is 0. The number of benzene rings is 1. The van der Waals surface area contributed by atoms with Gasteiger partial charge in [0.2, 0.25) is 11.8 Å². The van der Waals surface area contributed by atoms with Crippen LogP contribution in [-0.4, -0.2) is 67.6 Å². The third-order valence-corrected chi connectivity index (χ3v) is 4.44. The number of hydrogen-bond acceptors (Lipinski definition) is 4. The van der Waals surface area contributed by atoms with Gasteiger partial charge in [0.1, 0.15) is 5.82 Å². The summed E-state index contributed by atoms with van der Waals surface area (Å²) in [4.78, 5) is 28.4. The molecule has 25 heavy (non-hydrogen) atoms. The third-order valence-electron chi connectivity index (χ3n) is 4.44. The van der Waals surface area contributed by atoms with Crippen LogP contribution in [0, 0.1) is 5.82 Å². The van der Waals surface area contributed by atoms with Crippen LogP contribution in [0.4, 0.5) is 4.39 Å². The van der Waals surface area contributed by atoms with Crippen LogP contribution < -0.4 is 5.32 Å². The van der Waals surface area contributed by atoms with Crippen molar-refractivity contribution in [3.05, 3.63) is 35.6 Å². The Kier molecular flexibility index (Phi) is 7.33. The van der Waals surface area contributed by atoms with Crippen molar-refractivity contribution < 1.29 is 18.7 Å². The molecule has 1 fully saturated rings. The standard InChI is InChI=1S/C18H26FN3O3/c1-3-21(10-11-25-2)17(23)12-16-18(24)20-8-9-22(16)13-14-6-4-5-7-15(14)19/h4-7,16H,3,8-13H2,1-2H3,(H,20,24)/t16-/m1/s1. The molecule has 0 radical (unpaired) electrons. The van der Waals surface area contributed by atoms with Gasteiger partial charge in [0.05, 0.1) is 19.1 Å². The molecule has 0 aromatic heterocycles. The van der Waals surface area contributed by atoms with E-state index in [0.717, 1.165) is 0 Å². The number of nitrogens with one attached hydrogen (secondary N) is 1. The highest BCUT2D eigenvalue weighted by molar-refractivity contribution is 5.88. The summed E-state index contributed by atoms with van der Waals surface area (Å²) in [6.07, 6.45) is 0.0812. The van der Waals surface area contributed by atoms with Gasteiger partial charge in [0.15, 0.2) is 0 Å². The van der Waals surface area contributed by atoms with E-state index in [4.69, 9.17) is 4.74 Å². The number of rotatable bonds is 8. The van der Waals surface area contributed by atoms with E-state index >= 15 is 0 Å². The number of carbonyl (C=O) groups excluding carboxylic acids is 2. The lowest BCUT2D eigenvalue weighted by Crippen LogP contribution is -2.56. The molecular weight excluding hydrogens is 325 g/mol. The van der Waals surface area contributed by atoms with Gasteiger partial charge in [-0.15, -0.1) is 0 Å². The molecule has 0 bridgehead atoms. The van der Waals surface area contributed by atoms with Crippen molar-refractivity contribution in [1.29, 1.82) is 0 Å². The Morgan fingerprint density at radius 2 is 2.20 bits per heavy atom. The molecule has 7 heteroatoms. The molecule has 2 rings (SSSR count). The average molecular weight is 351 g/mol. The molecule has 1 aromatic carbocycles. The van der Waals surface area contributed by atoms with Crippen LogP contribution in [0.25, 0.3) is 0 Å². The van der Waals surface area contributed by atoms with Gasteiger partial charge in [-0.25, -0.2) is 4.39 Å². The SMILES string of the molecule is CCN(CCOC)C(=O)C[C@@H]1C(=O)NCCN1Cc1ccccc1F. The van der Waals surface area contributed by atoms with Crippen LogP contribution in [0.5, 0.6) is 0 Å². The van der Waals surface area contributed by atoms with Crippen molar-refractivity contribution in [1.82, 2.24) is 15.1 Å². The highest BCUT2D eigenvalue weighted by atomic mass is 19.1. The summed E-state index contributed by atoms with van der Waals surface area (Å²) in [5, 5.41) is 2.80. The molecule has 138 valence electrons. The Labute approximate surface area is 147 Å². The number of hydrogen-bond donors (Lipinski definition) is 1. The normalized spacial score (nSPS) is 18.0. The van der Waals surface area contributed by atoms with E-state index in [2.05, 4.69) is 5.32 Å². The van der Waals surface area contributed by atoms with E-state index in [-0.39, 0.29) is 24.1 Å². The molecular formula is C18H26FN3O3. The van der Waals surface area contributed by atoms with Crippen LogP contribution in [0.2, 0.25) is 0 Å². The lowest BCUT2D eigenvalue weighted by molar-refractivity contribution is -0.139. The molecule has 6 nitrogen and oxygen atoms in total. The molecule has 1 saturated heterocycles. The minimum absolute atomic E-state index is 0.0812. The average Bonchev–Trinajstić information content (AvgIpc) is 2.60. The van der Waals surface area contributed by atoms with Crippen LogP contribution in [-0.2, 0) is 20.9 Å². The second-order valence-corrected chi connectivity index (χ2v) is 6.04. The van der Waals surface area contributed by atoms with Crippen molar-refractivity contribution >= 4 is 11.8 Å². The summed E-state index contributed by atoms with van der Waals surface area (Å²) in [7, 11) is 1.59. The van der Waals surface area contributed by atoms with Crippen LogP contribution >= 0.6 is 0 Å². The number of likely N-dealkylation sites (N-methyl/N-ethyl adjacent to an activating group) is 1. The largest absolute Gasteiger partial charge is 0.383 e. The lowest BCUT2D eigenvalue weighted by atomic mass is 10.1. The Morgan fingerprint density at radius 3 is 2.88 bits per heavy atom. The molecule has 0 unspecified atom stereocenters. The molecule has 1 N–H and O–H groups in total. The fraction of sp³-hybridized carbons (Fsp3) is 0.556. The topological polar surface area (TPSA) is 61.9 Å². The lowest BCUT2D eigenvalue weighted by Gasteiger charge is -2.35.